The third-order valence-electron chi connectivity index (χ3n) is 3.42. The van der Waals surface area contributed by atoms with Gasteiger partial charge in [-0.15, -0.1) is 0 Å². The Balaban J connectivity index is 1.85. The standard InChI is InChI=1S/C11H20N2O2/c1-2-10-3-4-13(9-10)11(14)12-5-7-15-8-6-12/h10H,2-9H2,1H3. The van der Waals surface area contributed by atoms with Gasteiger partial charge in [0.2, 0.25) is 0 Å². The molecule has 2 aliphatic rings. The highest BCUT2D eigenvalue weighted by molar-refractivity contribution is 5.74. The lowest BCUT2D eigenvalue weighted by molar-refractivity contribution is 0.0449. The summed E-state index contributed by atoms with van der Waals surface area (Å²) in [6.45, 7) is 6.99. The molecule has 15 heavy (non-hydrogen) atoms. The number of nitrogens with zero attached hydrogens (tertiary/aromatic N) is 2. The van der Waals surface area contributed by atoms with E-state index >= 15 is 0 Å². The molecule has 4 heteroatoms. The minimum Gasteiger partial charge on any atom is -0.378 e. The van der Waals surface area contributed by atoms with Gasteiger partial charge in [-0.2, -0.15) is 0 Å². The van der Waals surface area contributed by atoms with Gasteiger partial charge in [-0.1, -0.05) is 13.3 Å². The van der Waals surface area contributed by atoms with Crippen molar-refractivity contribution in [3.8, 4) is 0 Å². The molecule has 2 rings (SSSR count). The van der Waals surface area contributed by atoms with Crippen molar-refractivity contribution >= 4 is 6.03 Å². The Labute approximate surface area is 91.2 Å². The number of carbonyl (C=O) groups excluding carboxylic acids is 1. The van der Waals surface area contributed by atoms with Crippen LogP contribution in [0.5, 0.6) is 0 Å². The van der Waals surface area contributed by atoms with Crippen LogP contribution in [-0.2, 0) is 4.74 Å². The van der Waals surface area contributed by atoms with Crippen LogP contribution in [0.1, 0.15) is 19.8 Å². The van der Waals surface area contributed by atoms with Gasteiger partial charge in [-0.05, 0) is 12.3 Å². The van der Waals surface area contributed by atoms with Gasteiger partial charge < -0.3 is 14.5 Å². The van der Waals surface area contributed by atoms with Crippen molar-refractivity contribution in [2.24, 2.45) is 5.92 Å². The van der Waals surface area contributed by atoms with Gasteiger partial charge in [-0.3, -0.25) is 0 Å². The van der Waals surface area contributed by atoms with Gasteiger partial charge in [0.1, 0.15) is 0 Å². The second-order valence-electron chi connectivity index (χ2n) is 4.39. The number of hydrogen-bond donors (Lipinski definition) is 0. The van der Waals surface area contributed by atoms with E-state index in [4.69, 9.17) is 4.74 Å². The van der Waals surface area contributed by atoms with Crippen LogP contribution in [0.2, 0.25) is 0 Å². The SMILES string of the molecule is CCC1CCN(C(=O)N2CCOCC2)C1. The molecule has 0 aromatic carbocycles. The zero-order chi connectivity index (χ0) is 10.7. The van der Waals surface area contributed by atoms with Crippen molar-refractivity contribution in [3.63, 3.8) is 0 Å². The molecular formula is C11H20N2O2. The Hall–Kier alpha value is -0.770. The van der Waals surface area contributed by atoms with Gasteiger partial charge >= 0.3 is 6.03 Å². The van der Waals surface area contributed by atoms with E-state index in [0.29, 0.717) is 13.2 Å². The predicted molar refractivity (Wildman–Crippen MR) is 57.8 cm³/mol. The molecule has 0 aromatic heterocycles. The summed E-state index contributed by atoms with van der Waals surface area (Å²) in [7, 11) is 0. The van der Waals surface area contributed by atoms with E-state index in [1.165, 1.54) is 12.8 Å². The fourth-order valence-electron chi connectivity index (χ4n) is 2.29. The van der Waals surface area contributed by atoms with Crippen LogP contribution in [0, 0.1) is 5.92 Å². The fraction of sp³-hybridized carbons (Fsp3) is 0.909. The molecule has 0 N–H and O–H groups in total. The van der Waals surface area contributed by atoms with E-state index in [1.54, 1.807) is 0 Å². The van der Waals surface area contributed by atoms with Crippen LogP contribution in [-0.4, -0.2) is 55.2 Å². The summed E-state index contributed by atoms with van der Waals surface area (Å²) in [5.41, 5.74) is 0. The van der Waals surface area contributed by atoms with E-state index in [0.717, 1.165) is 32.1 Å². The normalized spacial score (nSPS) is 27.1. The molecule has 2 heterocycles. The zero-order valence-corrected chi connectivity index (χ0v) is 9.45. The van der Waals surface area contributed by atoms with Crippen molar-refractivity contribution < 1.29 is 9.53 Å². The number of hydrogen-bond acceptors (Lipinski definition) is 2. The molecule has 0 aromatic rings. The highest BCUT2D eigenvalue weighted by Crippen LogP contribution is 2.20. The third-order valence-corrected chi connectivity index (χ3v) is 3.42. The molecule has 2 amide bonds. The van der Waals surface area contributed by atoms with E-state index in [-0.39, 0.29) is 6.03 Å². The van der Waals surface area contributed by atoms with Crippen LogP contribution in [0.15, 0.2) is 0 Å². The summed E-state index contributed by atoms with van der Waals surface area (Å²) in [4.78, 5) is 16.0. The van der Waals surface area contributed by atoms with Gasteiger partial charge in [0.25, 0.3) is 0 Å². The molecule has 0 aliphatic carbocycles. The fourth-order valence-corrected chi connectivity index (χ4v) is 2.29. The average molecular weight is 212 g/mol. The molecule has 0 spiro atoms. The monoisotopic (exact) mass is 212 g/mol. The Morgan fingerprint density at radius 3 is 2.60 bits per heavy atom. The maximum absolute atomic E-state index is 12.1. The van der Waals surface area contributed by atoms with E-state index in [9.17, 15) is 4.79 Å². The van der Waals surface area contributed by atoms with Crippen LogP contribution in [0.25, 0.3) is 0 Å². The maximum atomic E-state index is 12.1. The highest BCUT2D eigenvalue weighted by atomic mass is 16.5. The summed E-state index contributed by atoms with van der Waals surface area (Å²) in [5, 5.41) is 0. The molecule has 0 bridgehead atoms. The molecule has 2 saturated heterocycles. The summed E-state index contributed by atoms with van der Waals surface area (Å²) < 4.78 is 5.24. The summed E-state index contributed by atoms with van der Waals surface area (Å²) in [6.07, 6.45) is 2.36. The first-order valence-electron chi connectivity index (χ1n) is 5.93. The smallest absolute Gasteiger partial charge is 0.320 e. The highest BCUT2D eigenvalue weighted by Gasteiger charge is 2.28. The molecule has 1 atom stereocenters. The number of amides is 2. The molecule has 2 aliphatic heterocycles. The topological polar surface area (TPSA) is 32.8 Å². The minimum absolute atomic E-state index is 0.217. The molecule has 4 nitrogen and oxygen atoms in total. The third kappa shape index (κ3) is 2.43. The van der Waals surface area contributed by atoms with Crippen molar-refractivity contribution in [1.29, 1.82) is 0 Å². The first-order chi connectivity index (χ1) is 7.31. The van der Waals surface area contributed by atoms with E-state index in [2.05, 4.69) is 6.92 Å². The van der Waals surface area contributed by atoms with E-state index < -0.39 is 0 Å². The van der Waals surface area contributed by atoms with Gasteiger partial charge in [0.05, 0.1) is 13.2 Å². The largest absolute Gasteiger partial charge is 0.378 e. The van der Waals surface area contributed by atoms with Gasteiger partial charge in [0.15, 0.2) is 0 Å². The average Bonchev–Trinajstić information content (AvgIpc) is 2.78. The minimum atomic E-state index is 0.217. The summed E-state index contributed by atoms with van der Waals surface area (Å²) >= 11 is 0. The maximum Gasteiger partial charge on any atom is 0.320 e. The quantitative estimate of drug-likeness (QED) is 0.653. The van der Waals surface area contributed by atoms with Crippen molar-refractivity contribution in [3.05, 3.63) is 0 Å². The number of rotatable bonds is 1. The second kappa shape index (κ2) is 4.84. The lowest BCUT2D eigenvalue weighted by Gasteiger charge is -2.30. The lowest BCUT2D eigenvalue weighted by Crippen LogP contribution is -2.47. The molecule has 0 radical (unpaired) electrons. The second-order valence-corrected chi connectivity index (χ2v) is 4.39. The number of ether oxygens (including phenoxy) is 1. The lowest BCUT2D eigenvalue weighted by atomic mass is 10.1. The Bertz CT molecular complexity index is 227. The summed E-state index contributed by atoms with van der Waals surface area (Å²) in [5.74, 6) is 0.718. The predicted octanol–water partition coefficient (Wildman–Crippen LogP) is 1.17. The molecular weight excluding hydrogens is 192 g/mol. The molecule has 0 saturated carbocycles. The van der Waals surface area contributed by atoms with Crippen LogP contribution in [0.4, 0.5) is 4.79 Å². The van der Waals surface area contributed by atoms with Crippen molar-refractivity contribution in [1.82, 2.24) is 9.80 Å². The van der Waals surface area contributed by atoms with E-state index in [1.807, 2.05) is 9.80 Å². The number of carbonyl (C=O) groups is 1. The van der Waals surface area contributed by atoms with Gasteiger partial charge in [-0.25, -0.2) is 4.79 Å². The number of urea groups is 1. The Morgan fingerprint density at radius 2 is 2.00 bits per heavy atom. The first kappa shape index (κ1) is 10.7. The molecule has 1 unspecified atom stereocenters. The van der Waals surface area contributed by atoms with Crippen LogP contribution in [0.3, 0.4) is 0 Å². The molecule has 86 valence electrons. The van der Waals surface area contributed by atoms with Crippen LogP contribution < -0.4 is 0 Å². The summed E-state index contributed by atoms with van der Waals surface area (Å²) in [6, 6.07) is 0.217. The zero-order valence-electron chi connectivity index (χ0n) is 9.45. The van der Waals surface area contributed by atoms with Crippen LogP contribution >= 0.6 is 0 Å². The Morgan fingerprint density at radius 1 is 1.27 bits per heavy atom. The number of morpholine rings is 1. The van der Waals surface area contributed by atoms with Crippen molar-refractivity contribution in [2.75, 3.05) is 39.4 Å². The Kier molecular flexibility index (Phi) is 3.46. The van der Waals surface area contributed by atoms with Gasteiger partial charge in [0, 0.05) is 26.2 Å². The number of likely N-dealkylation sites (tertiary alicyclic amines) is 1. The molecule has 2 fully saturated rings. The van der Waals surface area contributed by atoms with Crippen molar-refractivity contribution in [2.45, 2.75) is 19.8 Å². The first-order valence-corrected chi connectivity index (χ1v) is 5.93.